The second-order valence-corrected chi connectivity index (χ2v) is 6.36. The van der Waals surface area contributed by atoms with Crippen LogP contribution in [-0.2, 0) is 11.3 Å². The van der Waals surface area contributed by atoms with E-state index in [9.17, 15) is 14.7 Å². The van der Waals surface area contributed by atoms with Gasteiger partial charge in [-0.3, -0.25) is 9.59 Å². The molecular formula is C19H18ClNO4. The van der Waals surface area contributed by atoms with E-state index in [2.05, 4.69) is 0 Å². The average molecular weight is 360 g/mol. The van der Waals surface area contributed by atoms with Crippen molar-refractivity contribution in [3.05, 3.63) is 51.1 Å². The number of pyridine rings is 1. The van der Waals surface area contributed by atoms with E-state index in [1.54, 1.807) is 22.8 Å². The zero-order chi connectivity index (χ0) is 18.1. The van der Waals surface area contributed by atoms with Gasteiger partial charge in [-0.25, -0.2) is 0 Å². The van der Waals surface area contributed by atoms with Crippen molar-refractivity contribution in [2.75, 3.05) is 6.61 Å². The highest BCUT2D eigenvalue weighted by Crippen LogP contribution is 2.34. The summed E-state index contributed by atoms with van der Waals surface area (Å²) < 4.78 is 7.37. The topological polar surface area (TPSA) is 68.5 Å². The molecule has 1 N–H and O–H groups in total. The van der Waals surface area contributed by atoms with Crippen LogP contribution >= 0.6 is 11.6 Å². The number of hydrogen-bond acceptors (Lipinski definition) is 3. The quantitative estimate of drug-likeness (QED) is 0.699. The summed E-state index contributed by atoms with van der Waals surface area (Å²) in [6.07, 6.45) is 0.766. The van der Waals surface area contributed by atoms with Crippen molar-refractivity contribution in [2.24, 2.45) is 0 Å². The lowest BCUT2D eigenvalue weighted by Crippen LogP contribution is -2.17. The molecule has 0 saturated heterocycles. The highest BCUT2D eigenvalue weighted by atomic mass is 35.5. The van der Waals surface area contributed by atoms with E-state index >= 15 is 0 Å². The Hall–Kier alpha value is -2.53. The number of hydrogen-bond donors (Lipinski definition) is 1. The van der Waals surface area contributed by atoms with Gasteiger partial charge in [0.15, 0.2) is 11.2 Å². The molecule has 0 spiro atoms. The molecule has 0 amide bonds. The molecule has 3 rings (SSSR count). The zero-order valence-electron chi connectivity index (χ0n) is 14.0. The molecule has 0 aliphatic carbocycles. The maximum atomic E-state index is 12.9. The zero-order valence-corrected chi connectivity index (χ0v) is 14.8. The van der Waals surface area contributed by atoms with Crippen molar-refractivity contribution in [3.63, 3.8) is 0 Å². The number of carbonyl (C=O) groups is 1. The second kappa shape index (κ2) is 6.76. The minimum Gasteiger partial charge on any atom is -0.490 e. The Morgan fingerprint density at radius 2 is 1.96 bits per heavy atom. The first-order chi connectivity index (χ1) is 11.9. The maximum Gasteiger partial charge on any atom is 0.323 e. The molecule has 5 nitrogen and oxygen atoms in total. The summed E-state index contributed by atoms with van der Waals surface area (Å²) in [6.45, 7) is 3.99. The molecule has 6 heteroatoms. The van der Waals surface area contributed by atoms with Crippen LogP contribution in [0.2, 0.25) is 5.02 Å². The smallest absolute Gasteiger partial charge is 0.323 e. The summed E-state index contributed by atoms with van der Waals surface area (Å²) in [7, 11) is 0. The van der Waals surface area contributed by atoms with Crippen LogP contribution in [0.5, 0.6) is 5.75 Å². The summed E-state index contributed by atoms with van der Waals surface area (Å²) in [6, 6.07) is 8.61. The molecule has 1 aromatic heterocycles. The Bertz CT molecular complexity index is 1040. The van der Waals surface area contributed by atoms with Gasteiger partial charge < -0.3 is 14.4 Å². The fourth-order valence-corrected chi connectivity index (χ4v) is 3.17. The average Bonchev–Trinajstić information content (AvgIpc) is 2.57. The van der Waals surface area contributed by atoms with Crippen LogP contribution in [-0.4, -0.2) is 22.2 Å². The predicted octanol–water partition coefficient (Wildman–Crippen LogP) is 3.99. The molecule has 0 aliphatic heterocycles. The number of aryl methyl sites for hydroxylation is 1. The molecule has 2 aromatic carbocycles. The van der Waals surface area contributed by atoms with Crippen molar-refractivity contribution in [1.82, 2.24) is 4.57 Å². The lowest BCUT2D eigenvalue weighted by Gasteiger charge is -2.18. The van der Waals surface area contributed by atoms with Gasteiger partial charge in [0.2, 0.25) is 0 Å². The molecule has 0 radical (unpaired) electrons. The molecule has 0 aliphatic rings. The molecule has 3 aromatic rings. The van der Waals surface area contributed by atoms with Crippen molar-refractivity contribution in [1.29, 1.82) is 0 Å². The SMILES string of the molecule is CCCOc1c(Cl)ccc2c(=O)c3ccc(C)cc3n(CC(=O)O)c12. The van der Waals surface area contributed by atoms with E-state index in [0.717, 1.165) is 12.0 Å². The van der Waals surface area contributed by atoms with Gasteiger partial charge in [-0.2, -0.15) is 0 Å². The van der Waals surface area contributed by atoms with Crippen molar-refractivity contribution < 1.29 is 14.6 Å². The number of aromatic nitrogens is 1. The molecule has 0 fully saturated rings. The molecule has 0 atom stereocenters. The molecule has 0 unspecified atom stereocenters. The molecule has 0 saturated carbocycles. The van der Waals surface area contributed by atoms with E-state index in [0.29, 0.717) is 39.2 Å². The minimum atomic E-state index is -1.01. The third kappa shape index (κ3) is 3.07. The highest BCUT2D eigenvalue weighted by molar-refractivity contribution is 6.33. The monoisotopic (exact) mass is 359 g/mol. The van der Waals surface area contributed by atoms with E-state index in [1.807, 2.05) is 26.0 Å². The maximum absolute atomic E-state index is 12.9. The van der Waals surface area contributed by atoms with E-state index in [-0.39, 0.29) is 12.0 Å². The summed E-state index contributed by atoms with van der Waals surface area (Å²) in [4.78, 5) is 24.4. The van der Waals surface area contributed by atoms with Crippen LogP contribution in [0.1, 0.15) is 18.9 Å². The lowest BCUT2D eigenvalue weighted by atomic mass is 10.1. The molecular weight excluding hydrogens is 342 g/mol. The molecule has 25 heavy (non-hydrogen) atoms. The highest BCUT2D eigenvalue weighted by Gasteiger charge is 2.19. The fourth-order valence-electron chi connectivity index (χ4n) is 2.96. The third-order valence-corrected chi connectivity index (χ3v) is 4.33. The number of ether oxygens (including phenoxy) is 1. The van der Waals surface area contributed by atoms with Gasteiger partial charge in [-0.15, -0.1) is 0 Å². The lowest BCUT2D eigenvalue weighted by molar-refractivity contribution is -0.137. The van der Waals surface area contributed by atoms with Crippen LogP contribution in [0.4, 0.5) is 0 Å². The Morgan fingerprint density at radius 3 is 2.64 bits per heavy atom. The molecule has 1 heterocycles. The Morgan fingerprint density at radius 1 is 1.24 bits per heavy atom. The van der Waals surface area contributed by atoms with E-state index in [1.165, 1.54) is 0 Å². The normalized spacial score (nSPS) is 11.2. The predicted molar refractivity (Wildman–Crippen MR) is 98.9 cm³/mol. The van der Waals surface area contributed by atoms with Gasteiger partial charge in [-0.1, -0.05) is 24.6 Å². The van der Waals surface area contributed by atoms with Crippen LogP contribution in [0.15, 0.2) is 35.1 Å². The third-order valence-electron chi connectivity index (χ3n) is 4.03. The van der Waals surface area contributed by atoms with Crippen molar-refractivity contribution in [2.45, 2.75) is 26.8 Å². The van der Waals surface area contributed by atoms with Gasteiger partial charge >= 0.3 is 5.97 Å². The standard InChI is InChI=1S/C19H18ClNO4/c1-3-8-25-19-14(20)7-6-13-17(19)21(10-16(22)23)15-9-11(2)4-5-12(15)18(13)24/h4-7,9H,3,8,10H2,1-2H3,(H,22,23). The van der Waals surface area contributed by atoms with Gasteiger partial charge in [0.05, 0.1) is 28.0 Å². The summed E-state index contributed by atoms with van der Waals surface area (Å²) in [5, 5.41) is 10.6. The first kappa shape index (κ1) is 17.3. The van der Waals surface area contributed by atoms with Crippen molar-refractivity contribution in [3.8, 4) is 5.75 Å². The molecule has 0 bridgehead atoms. The van der Waals surface area contributed by atoms with E-state index < -0.39 is 5.97 Å². The number of halogens is 1. The van der Waals surface area contributed by atoms with E-state index in [4.69, 9.17) is 16.3 Å². The summed E-state index contributed by atoms with van der Waals surface area (Å²) >= 11 is 6.29. The van der Waals surface area contributed by atoms with Gasteiger partial charge in [0.1, 0.15) is 6.54 Å². The van der Waals surface area contributed by atoms with Crippen LogP contribution < -0.4 is 10.2 Å². The van der Waals surface area contributed by atoms with Gasteiger partial charge in [-0.05, 0) is 43.2 Å². The number of benzene rings is 2. The Labute approximate surface area is 149 Å². The van der Waals surface area contributed by atoms with Crippen LogP contribution in [0.3, 0.4) is 0 Å². The Kier molecular flexibility index (Phi) is 4.68. The van der Waals surface area contributed by atoms with Crippen LogP contribution in [0.25, 0.3) is 21.8 Å². The first-order valence-corrected chi connectivity index (χ1v) is 8.41. The fraction of sp³-hybridized carbons (Fsp3) is 0.263. The van der Waals surface area contributed by atoms with Crippen LogP contribution in [0, 0.1) is 6.92 Å². The van der Waals surface area contributed by atoms with Gasteiger partial charge in [0, 0.05) is 5.39 Å². The number of nitrogens with zero attached hydrogens (tertiary/aromatic N) is 1. The van der Waals surface area contributed by atoms with Crippen molar-refractivity contribution >= 4 is 39.4 Å². The summed E-state index contributed by atoms with van der Waals surface area (Å²) in [5.41, 5.74) is 1.75. The number of rotatable bonds is 5. The summed E-state index contributed by atoms with van der Waals surface area (Å²) in [5.74, 6) is -0.656. The number of carboxylic acid groups (broad SMARTS) is 1. The number of aliphatic carboxylic acids is 1. The minimum absolute atomic E-state index is 0.162. The number of fused-ring (bicyclic) bond motifs is 2. The number of carboxylic acids is 1. The first-order valence-electron chi connectivity index (χ1n) is 8.04. The largest absolute Gasteiger partial charge is 0.490 e. The molecule has 130 valence electrons. The second-order valence-electron chi connectivity index (χ2n) is 5.95. The van der Waals surface area contributed by atoms with Gasteiger partial charge in [0.25, 0.3) is 0 Å². The Balaban J connectivity index is 2.52.